The fraction of sp³-hybridized carbons (Fsp3) is 1.00. The summed E-state index contributed by atoms with van der Waals surface area (Å²) in [6, 6.07) is 0. The van der Waals surface area contributed by atoms with Crippen LogP contribution in [-0.2, 0) is 0 Å². The van der Waals surface area contributed by atoms with E-state index < -0.39 is 0 Å². The fourth-order valence-corrected chi connectivity index (χ4v) is 2.17. The van der Waals surface area contributed by atoms with E-state index in [0.29, 0.717) is 5.41 Å². The van der Waals surface area contributed by atoms with Crippen LogP contribution in [0.25, 0.3) is 0 Å². The Kier molecular flexibility index (Phi) is 8.13. The SMILES string of the molecule is CCCCCCCC(C)(CC)CBr. The van der Waals surface area contributed by atoms with Crippen molar-refractivity contribution >= 4 is 15.9 Å². The van der Waals surface area contributed by atoms with Gasteiger partial charge in [-0.1, -0.05) is 68.8 Å². The monoisotopic (exact) mass is 248 g/mol. The maximum absolute atomic E-state index is 3.61. The minimum absolute atomic E-state index is 0.548. The molecule has 0 aliphatic carbocycles. The molecule has 0 radical (unpaired) electrons. The third-order valence-electron chi connectivity index (χ3n) is 3.06. The van der Waals surface area contributed by atoms with Crippen LogP contribution in [-0.4, -0.2) is 5.33 Å². The van der Waals surface area contributed by atoms with Gasteiger partial charge in [0.15, 0.2) is 0 Å². The summed E-state index contributed by atoms with van der Waals surface area (Å²) in [7, 11) is 0. The van der Waals surface area contributed by atoms with Gasteiger partial charge in [0, 0.05) is 5.33 Å². The van der Waals surface area contributed by atoms with E-state index in [1.807, 2.05) is 0 Å². The van der Waals surface area contributed by atoms with E-state index in [1.165, 1.54) is 44.9 Å². The minimum atomic E-state index is 0.548. The maximum Gasteiger partial charge on any atom is 0.00852 e. The Hall–Kier alpha value is 0.480. The molecule has 0 amide bonds. The van der Waals surface area contributed by atoms with Crippen molar-refractivity contribution in [3.63, 3.8) is 0 Å². The van der Waals surface area contributed by atoms with E-state index in [9.17, 15) is 0 Å². The summed E-state index contributed by atoms with van der Waals surface area (Å²) in [5.74, 6) is 0. The first-order chi connectivity index (χ1) is 6.18. The van der Waals surface area contributed by atoms with Gasteiger partial charge in [-0.15, -0.1) is 0 Å². The lowest BCUT2D eigenvalue weighted by Crippen LogP contribution is -2.16. The van der Waals surface area contributed by atoms with Crippen LogP contribution in [0, 0.1) is 5.41 Å². The number of halogens is 1. The Labute approximate surface area is 92.6 Å². The van der Waals surface area contributed by atoms with Crippen LogP contribution in [0.15, 0.2) is 0 Å². The summed E-state index contributed by atoms with van der Waals surface area (Å²) in [5, 5.41) is 1.16. The highest BCUT2D eigenvalue weighted by molar-refractivity contribution is 9.09. The molecule has 1 heteroatoms. The van der Waals surface area contributed by atoms with Gasteiger partial charge in [-0.25, -0.2) is 0 Å². The van der Waals surface area contributed by atoms with Gasteiger partial charge in [0.25, 0.3) is 0 Å². The number of alkyl halides is 1. The van der Waals surface area contributed by atoms with E-state index in [4.69, 9.17) is 0 Å². The molecule has 0 spiro atoms. The van der Waals surface area contributed by atoms with Gasteiger partial charge < -0.3 is 0 Å². The van der Waals surface area contributed by atoms with Gasteiger partial charge >= 0.3 is 0 Å². The number of rotatable bonds is 8. The first kappa shape index (κ1) is 13.5. The molecule has 13 heavy (non-hydrogen) atoms. The first-order valence-electron chi connectivity index (χ1n) is 5.74. The van der Waals surface area contributed by atoms with E-state index in [-0.39, 0.29) is 0 Å². The predicted molar refractivity (Wildman–Crippen MR) is 65.6 cm³/mol. The Balaban J connectivity index is 3.39. The second kappa shape index (κ2) is 7.84. The molecular formula is C12H25Br. The summed E-state index contributed by atoms with van der Waals surface area (Å²) in [6.45, 7) is 6.96. The van der Waals surface area contributed by atoms with Crippen LogP contribution in [0.3, 0.4) is 0 Å². The van der Waals surface area contributed by atoms with Crippen molar-refractivity contribution in [1.82, 2.24) is 0 Å². The molecule has 1 atom stereocenters. The van der Waals surface area contributed by atoms with Gasteiger partial charge in [0.1, 0.15) is 0 Å². The van der Waals surface area contributed by atoms with Crippen molar-refractivity contribution < 1.29 is 0 Å². The van der Waals surface area contributed by atoms with Crippen LogP contribution in [0.4, 0.5) is 0 Å². The molecule has 0 saturated carbocycles. The second-order valence-corrected chi connectivity index (χ2v) is 5.02. The standard InChI is InChI=1S/C12H25Br/c1-4-6-7-8-9-10-12(3,5-2)11-13/h4-11H2,1-3H3. The van der Waals surface area contributed by atoms with Crippen LogP contribution in [0.2, 0.25) is 0 Å². The minimum Gasteiger partial charge on any atom is -0.0922 e. The number of hydrogen-bond donors (Lipinski definition) is 0. The Morgan fingerprint density at radius 1 is 1.00 bits per heavy atom. The summed E-state index contributed by atoms with van der Waals surface area (Å²) in [6.07, 6.45) is 9.72. The third kappa shape index (κ3) is 6.54. The van der Waals surface area contributed by atoms with Crippen molar-refractivity contribution in [3.8, 4) is 0 Å². The van der Waals surface area contributed by atoms with Crippen molar-refractivity contribution in [3.05, 3.63) is 0 Å². The lowest BCUT2D eigenvalue weighted by molar-refractivity contribution is 0.318. The molecule has 0 fully saturated rings. The molecule has 1 unspecified atom stereocenters. The highest BCUT2D eigenvalue weighted by atomic mass is 79.9. The molecule has 0 saturated heterocycles. The fourth-order valence-electron chi connectivity index (χ4n) is 1.49. The molecule has 0 N–H and O–H groups in total. The van der Waals surface area contributed by atoms with E-state index >= 15 is 0 Å². The van der Waals surface area contributed by atoms with Crippen LogP contribution in [0.1, 0.15) is 65.7 Å². The quantitative estimate of drug-likeness (QED) is 0.412. The lowest BCUT2D eigenvalue weighted by Gasteiger charge is -2.25. The normalized spacial score (nSPS) is 15.7. The Morgan fingerprint density at radius 2 is 1.62 bits per heavy atom. The van der Waals surface area contributed by atoms with Crippen molar-refractivity contribution in [2.45, 2.75) is 65.7 Å². The van der Waals surface area contributed by atoms with E-state index in [0.717, 1.165) is 5.33 Å². The maximum atomic E-state index is 3.61. The number of unbranched alkanes of at least 4 members (excludes halogenated alkanes) is 4. The summed E-state index contributed by atoms with van der Waals surface area (Å²) in [4.78, 5) is 0. The second-order valence-electron chi connectivity index (χ2n) is 4.46. The van der Waals surface area contributed by atoms with Gasteiger partial charge in [-0.2, -0.15) is 0 Å². The number of hydrogen-bond acceptors (Lipinski definition) is 0. The van der Waals surface area contributed by atoms with Gasteiger partial charge in [0.05, 0.1) is 0 Å². The molecule has 80 valence electrons. The molecule has 0 aliphatic heterocycles. The van der Waals surface area contributed by atoms with E-state index in [1.54, 1.807) is 0 Å². The highest BCUT2D eigenvalue weighted by Gasteiger charge is 2.19. The smallest absolute Gasteiger partial charge is 0.00852 e. The summed E-state index contributed by atoms with van der Waals surface area (Å²) in [5.41, 5.74) is 0.548. The summed E-state index contributed by atoms with van der Waals surface area (Å²) >= 11 is 3.61. The average molecular weight is 249 g/mol. The highest BCUT2D eigenvalue weighted by Crippen LogP contribution is 2.30. The van der Waals surface area contributed by atoms with Gasteiger partial charge in [0.2, 0.25) is 0 Å². The zero-order chi connectivity index (χ0) is 10.2. The molecule has 0 aromatic carbocycles. The zero-order valence-corrected chi connectivity index (χ0v) is 11.1. The molecule has 0 aliphatic rings. The van der Waals surface area contributed by atoms with Gasteiger partial charge in [-0.3, -0.25) is 0 Å². The zero-order valence-electron chi connectivity index (χ0n) is 9.53. The predicted octanol–water partition coefficient (Wildman–Crippen LogP) is 5.16. The van der Waals surface area contributed by atoms with Crippen LogP contribution >= 0.6 is 15.9 Å². The summed E-state index contributed by atoms with van der Waals surface area (Å²) < 4.78 is 0. The molecule has 0 aromatic rings. The average Bonchev–Trinajstić information content (AvgIpc) is 2.17. The van der Waals surface area contributed by atoms with Crippen molar-refractivity contribution in [2.75, 3.05) is 5.33 Å². The first-order valence-corrected chi connectivity index (χ1v) is 6.86. The van der Waals surface area contributed by atoms with Crippen molar-refractivity contribution in [2.24, 2.45) is 5.41 Å². The molecule has 0 bridgehead atoms. The molecule has 0 heterocycles. The van der Waals surface area contributed by atoms with Gasteiger partial charge in [-0.05, 0) is 18.3 Å². The molecular weight excluding hydrogens is 224 g/mol. The van der Waals surface area contributed by atoms with E-state index in [2.05, 4.69) is 36.7 Å². The Morgan fingerprint density at radius 3 is 2.08 bits per heavy atom. The van der Waals surface area contributed by atoms with Crippen LogP contribution < -0.4 is 0 Å². The topological polar surface area (TPSA) is 0 Å². The third-order valence-corrected chi connectivity index (χ3v) is 4.41. The van der Waals surface area contributed by atoms with Crippen LogP contribution in [0.5, 0.6) is 0 Å². The molecule has 0 nitrogen and oxygen atoms in total. The molecule has 0 aromatic heterocycles. The largest absolute Gasteiger partial charge is 0.0922 e. The van der Waals surface area contributed by atoms with Crippen molar-refractivity contribution in [1.29, 1.82) is 0 Å². The lowest BCUT2D eigenvalue weighted by atomic mass is 9.84. The molecule has 0 rings (SSSR count). The Bertz CT molecular complexity index is 106.